The van der Waals surface area contributed by atoms with Crippen molar-refractivity contribution in [3.63, 3.8) is 0 Å². The second-order valence-corrected chi connectivity index (χ2v) is 4.32. The van der Waals surface area contributed by atoms with Gasteiger partial charge in [-0.05, 0) is 53.4 Å². The lowest BCUT2D eigenvalue weighted by Crippen LogP contribution is -2.31. The number of nitrogens with zero attached hydrogens (tertiary/aromatic N) is 2. The molecule has 0 aliphatic rings. The van der Waals surface area contributed by atoms with Crippen molar-refractivity contribution in [3.05, 3.63) is 12.2 Å². The van der Waals surface area contributed by atoms with E-state index >= 15 is 0 Å². The molecule has 0 aliphatic carbocycles. The summed E-state index contributed by atoms with van der Waals surface area (Å²) >= 11 is 0. The molecule has 0 rings (SSSR count). The molecule has 0 fully saturated rings. The second-order valence-electron chi connectivity index (χ2n) is 4.32. The van der Waals surface area contributed by atoms with Crippen molar-refractivity contribution < 1.29 is 0 Å². The monoisotopic (exact) mass is 212 g/mol. The summed E-state index contributed by atoms with van der Waals surface area (Å²) in [5.74, 6) is 0. The van der Waals surface area contributed by atoms with Crippen molar-refractivity contribution in [2.24, 2.45) is 0 Å². The summed E-state index contributed by atoms with van der Waals surface area (Å²) in [6, 6.07) is 0. The molecule has 0 saturated carbocycles. The van der Waals surface area contributed by atoms with Crippen LogP contribution in [-0.4, -0.2) is 50.1 Å². The molecular weight excluding hydrogens is 184 g/mol. The highest BCUT2D eigenvalue weighted by atomic mass is 15.2. The molecule has 0 unspecified atom stereocenters. The third kappa shape index (κ3) is 9.95. The van der Waals surface area contributed by atoms with Gasteiger partial charge >= 0.3 is 0 Å². The third-order valence-corrected chi connectivity index (χ3v) is 2.62. The highest BCUT2D eigenvalue weighted by Gasteiger charge is 2.00. The third-order valence-electron chi connectivity index (χ3n) is 2.62. The van der Waals surface area contributed by atoms with Crippen LogP contribution in [0.25, 0.3) is 0 Å². The van der Waals surface area contributed by atoms with Gasteiger partial charge in [0, 0.05) is 13.1 Å². The molecule has 2 heteroatoms. The molecule has 0 aromatic carbocycles. The molecule has 2 nitrogen and oxygen atoms in total. The lowest BCUT2D eigenvalue weighted by Gasteiger charge is -2.21. The van der Waals surface area contributed by atoms with E-state index in [-0.39, 0.29) is 0 Å². The Balaban J connectivity index is 3.35. The number of hydrogen-bond donors (Lipinski definition) is 0. The zero-order chi connectivity index (χ0) is 11.5. The summed E-state index contributed by atoms with van der Waals surface area (Å²) in [4.78, 5) is 4.83. The van der Waals surface area contributed by atoms with Gasteiger partial charge < -0.3 is 9.80 Å². The molecular formula is C13H28N2. The first-order chi connectivity index (χ1) is 7.20. The van der Waals surface area contributed by atoms with Crippen molar-refractivity contribution in [1.82, 2.24) is 9.80 Å². The zero-order valence-electron chi connectivity index (χ0n) is 11.0. The Morgan fingerprint density at radius 1 is 0.933 bits per heavy atom. The maximum absolute atomic E-state index is 2.43. The first-order valence-electron chi connectivity index (χ1n) is 6.19. The molecule has 90 valence electrons. The molecule has 0 aromatic heterocycles. The summed E-state index contributed by atoms with van der Waals surface area (Å²) in [6.45, 7) is 9.12. The largest absolute Gasteiger partial charge is 0.305 e. The van der Waals surface area contributed by atoms with Gasteiger partial charge in [-0.15, -0.1) is 0 Å². The highest BCUT2D eigenvalue weighted by molar-refractivity contribution is 4.76. The van der Waals surface area contributed by atoms with E-state index in [1.165, 1.54) is 45.4 Å². The lowest BCUT2D eigenvalue weighted by molar-refractivity contribution is 0.255. The number of likely N-dealkylation sites (N-methyl/N-ethyl adjacent to an activating group) is 2. The molecule has 0 amide bonds. The van der Waals surface area contributed by atoms with Crippen LogP contribution in [0.5, 0.6) is 0 Å². The van der Waals surface area contributed by atoms with Crippen LogP contribution < -0.4 is 0 Å². The molecule has 0 bridgehead atoms. The maximum Gasteiger partial charge on any atom is 0.0106 e. The first kappa shape index (κ1) is 14.7. The summed E-state index contributed by atoms with van der Waals surface area (Å²) in [5, 5.41) is 0. The molecule has 0 aliphatic heterocycles. The van der Waals surface area contributed by atoms with E-state index in [0.717, 1.165) is 0 Å². The van der Waals surface area contributed by atoms with Crippen molar-refractivity contribution in [2.75, 3.05) is 40.3 Å². The Hall–Kier alpha value is -0.340. The Kier molecular flexibility index (Phi) is 9.96. The van der Waals surface area contributed by atoms with Crippen LogP contribution in [0.4, 0.5) is 0 Å². The molecule has 0 atom stereocenters. The minimum absolute atomic E-state index is 1.19. The summed E-state index contributed by atoms with van der Waals surface area (Å²) < 4.78 is 0. The molecule has 15 heavy (non-hydrogen) atoms. The summed E-state index contributed by atoms with van der Waals surface area (Å²) in [6.07, 6.45) is 8.12. The predicted molar refractivity (Wildman–Crippen MR) is 69.3 cm³/mol. The molecule has 0 saturated heterocycles. The minimum atomic E-state index is 1.19. The predicted octanol–water partition coefficient (Wildman–Crippen LogP) is 2.62. The average molecular weight is 212 g/mol. The Morgan fingerprint density at radius 3 is 2.07 bits per heavy atom. The van der Waals surface area contributed by atoms with Crippen molar-refractivity contribution >= 4 is 0 Å². The van der Waals surface area contributed by atoms with Crippen LogP contribution in [0.3, 0.4) is 0 Å². The SMILES string of the molecule is C/C=C/CCCN(C)CCN(C)CCC. The quantitative estimate of drug-likeness (QED) is 0.428. The summed E-state index contributed by atoms with van der Waals surface area (Å²) in [7, 11) is 4.42. The van der Waals surface area contributed by atoms with Gasteiger partial charge in [-0.3, -0.25) is 0 Å². The van der Waals surface area contributed by atoms with E-state index in [1.807, 2.05) is 0 Å². The molecule has 0 aromatic rings. The molecule has 0 heterocycles. The number of unbranched alkanes of at least 4 members (excludes halogenated alkanes) is 1. The second kappa shape index (κ2) is 10.2. The maximum atomic E-state index is 2.43. The Morgan fingerprint density at radius 2 is 1.53 bits per heavy atom. The van der Waals surface area contributed by atoms with Crippen LogP contribution >= 0.6 is 0 Å². The van der Waals surface area contributed by atoms with Crippen molar-refractivity contribution in [2.45, 2.75) is 33.1 Å². The fraction of sp³-hybridized carbons (Fsp3) is 0.846. The normalized spacial score (nSPS) is 12.1. The van der Waals surface area contributed by atoms with E-state index in [9.17, 15) is 0 Å². The number of hydrogen-bond acceptors (Lipinski definition) is 2. The smallest absolute Gasteiger partial charge is 0.0106 e. The van der Waals surface area contributed by atoms with Crippen LogP contribution in [0, 0.1) is 0 Å². The van der Waals surface area contributed by atoms with E-state index in [2.05, 4.69) is 49.9 Å². The minimum Gasteiger partial charge on any atom is -0.305 e. The van der Waals surface area contributed by atoms with E-state index < -0.39 is 0 Å². The fourth-order valence-electron chi connectivity index (χ4n) is 1.59. The van der Waals surface area contributed by atoms with Gasteiger partial charge in [0.1, 0.15) is 0 Å². The van der Waals surface area contributed by atoms with Gasteiger partial charge in [-0.2, -0.15) is 0 Å². The van der Waals surface area contributed by atoms with Gasteiger partial charge in [0.15, 0.2) is 0 Å². The van der Waals surface area contributed by atoms with E-state index in [4.69, 9.17) is 0 Å². The first-order valence-corrected chi connectivity index (χ1v) is 6.19. The lowest BCUT2D eigenvalue weighted by atomic mass is 10.3. The topological polar surface area (TPSA) is 6.48 Å². The van der Waals surface area contributed by atoms with Gasteiger partial charge in [0.05, 0.1) is 0 Å². The fourth-order valence-corrected chi connectivity index (χ4v) is 1.59. The average Bonchev–Trinajstić information content (AvgIpc) is 2.22. The van der Waals surface area contributed by atoms with E-state index in [0.29, 0.717) is 0 Å². The van der Waals surface area contributed by atoms with Crippen molar-refractivity contribution in [1.29, 1.82) is 0 Å². The van der Waals surface area contributed by atoms with Crippen LogP contribution in [0.15, 0.2) is 12.2 Å². The van der Waals surface area contributed by atoms with Crippen molar-refractivity contribution in [3.8, 4) is 0 Å². The van der Waals surface area contributed by atoms with Crippen LogP contribution in [0.2, 0.25) is 0 Å². The van der Waals surface area contributed by atoms with Gasteiger partial charge in [0.25, 0.3) is 0 Å². The molecule has 0 spiro atoms. The standard InChI is InChI=1S/C13H28N2/c1-5-7-8-9-11-15(4)13-12-14(3)10-6-2/h5,7H,6,8-13H2,1-4H3/b7-5+. The van der Waals surface area contributed by atoms with Crippen LogP contribution in [-0.2, 0) is 0 Å². The van der Waals surface area contributed by atoms with Gasteiger partial charge in [0.2, 0.25) is 0 Å². The number of rotatable bonds is 9. The van der Waals surface area contributed by atoms with Gasteiger partial charge in [-0.25, -0.2) is 0 Å². The summed E-state index contributed by atoms with van der Waals surface area (Å²) in [5.41, 5.74) is 0. The number of allylic oxidation sites excluding steroid dienone is 2. The van der Waals surface area contributed by atoms with Gasteiger partial charge in [-0.1, -0.05) is 19.1 Å². The Labute approximate surface area is 95.9 Å². The molecule has 0 radical (unpaired) electrons. The van der Waals surface area contributed by atoms with Crippen LogP contribution in [0.1, 0.15) is 33.1 Å². The Bertz CT molecular complexity index is 155. The molecule has 0 N–H and O–H groups in total. The highest BCUT2D eigenvalue weighted by Crippen LogP contribution is 1.95. The van der Waals surface area contributed by atoms with E-state index in [1.54, 1.807) is 0 Å². The zero-order valence-corrected chi connectivity index (χ0v) is 11.0.